The second-order valence-corrected chi connectivity index (χ2v) is 4.28. The predicted octanol–water partition coefficient (Wildman–Crippen LogP) is 3.08. The lowest BCUT2D eigenvalue weighted by Crippen LogP contribution is -2.31. The Balaban J connectivity index is 1.93. The van der Waals surface area contributed by atoms with E-state index in [9.17, 15) is 0 Å². The second kappa shape index (κ2) is 5.13. The van der Waals surface area contributed by atoms with Crippen LogP contribution in [0.2, 0.25) is 0 Å². The summed E-state index contributed by atoms with van der Waals surface area (Å²) < 4.78 is 0. The lowest BCUT2D eigenvalue weighted by Gasteiger charge is -2.28. The number of hydrogen-bond donors (Lipinski definition) is 0. The Labute approximate surface area is 92.4 Å². The predicted molar refractivity (Wildman–Crippen MR) is 64.6 cm³/mol. The Morgan fingerprint density at radius 3 is 2.80 bits per heavy atom. The zero-order valence-electron chi connectivity index (χ0n) is 9.39. The molecule has 1 aromatic carbocycles. The molecule has 0 aromatic heterocycles. The minimum Gasteiger partial charge on any atom is -0.295 e. The van der Waals surface area contributed by atoms with Gasteiger partial charge in [0.05, 0.1) is 0 Å². The van der Waals surface area contributed by atoms with Gasteiger partial charge in [0.25, 0.3) is 0 Å². The van der Waals surface area contributed by atoms with Crippen LogP contribution in [0.4, 0.5) is 0 Å². The van der Waals surface area contributed by atoms with Crippen molar-refractivity contribution in [3.8, 4) is 0 Å². The van der Waals surface area contributed by atoms with Crippen molar-refractivity contribution in [3.05, 3.63) is 48.0 Å². The van der Waals surface area contributed by atoms with Crippen LogP contribution in [0, 0.1) is 5.92 Å². The first kappa shape index (κ1) is 10.4. The molecule has 0 radical (unpaired) electrons. The Kier molecular flexibility index (Phi) is 3.57. The molecule has 1 aliphatic rings. The van der Waals surface area contributed by atoms with Gasteiger partial charge in [-0.2, -0.15) is 0 Å². The average molecular weight is 201 g/mol. The van der Waals surface area contributed by atoms with Crippen LogP contribution >= 0.6 is 0 Å². The molecular formula is C14H19N. The van der Waals surface area contributed by atoms with Gasteiger partial charge in [0.2, 0.25) is 0 Å². The smallest absolute Gasteiger partial charge is 0.0237 e. The van der Waals surface area contributed by atoms with Crippen molar-refractivity contribution in [2.45, 2.75) is 19.9 Å². The van der Waals surface area contributed by atoms with Crippen LogP contribution in [0.3, 0.4) is 0 Å². The molecule has 1 aromatic rings. The lowest BCUT2D eigenvalue weighted by atomic mass is 10.0. The van der Waals surface area contributed by atoms with E-state index in [0.717, 1.165) is 19.0 Å². The van der Waals surface area contributed by atoms with Gasteiger partial charge >= 0.3 is 0 Å². The molecule has 0 fully saturated rings. The van der Waals surface area contributed by atoms with E-state index in [4.69, 9.17) is 0 Å². The minimum atomic E-state index is 0.752. The van der Waals surface area contributed by atoms with E-state index in [0.29, 0.717) is 0 Å². The van der Waals surface area contributed by atoms with E-state index in [1.165, 1.54) is 18.5 Å². The summed E-state index contributed by atoms with van der Waals surface area (Å²) in [5, 5.41) is 0. The maximum atomic E-state index is 2.52. The molecule has 1 nitrogen and oxygen atoms in total. The zero-order chi connectivity index (χ0) is 10.5. The molecule has 0 saturated heterocycles. The molecule has 15 heavy (non-hydrogen) atoms. The van der Waals surface area contributed by atoms with Crippen LogP contribution in [0.1, 0.15) is 18.9 Å². The van der Waals surface area contributed by atoms with Crippen molar-refractivity contribution >= 4 is 0 Å². The highest BCUT2D eigenvalue weighted by atomic mass is 15.1. The van der Waals surface area contributed by atoms with Crippen LogP contribution in [-0.2, 0) is 6.54 Å². The SMILES string of the molecule is CCC1C=CCN(Cc2ccccc2)C1. The molecule has 0 bridgehead atoms. The Bertz CT molecular complexity index is 315. The normalized spacial score (nSPS) is 21.8. The Morgan fingerprint density at radius 2 is 2.07 bits per heavy atom. The molecule has 1 heterocycles. The van der Waals surface area contributed by atoms with Crippen molar-refractivity contribution in [2.24, 2.45) is 5.92 Å². The van der Waals surface area contributed by atoms with Gasteiger partial charge in [-0.25, -0.2) is 0 Å². The van der Waals surface area contributed by atoms with E-state index in [1.807, 2.05) is 0 Å². The molecule has 1 aliphatic heterocycles. The highest BCUT2D eigenvalue weighted by Gasteiger charge is 2.13. The molecule has 1 heteroatoms. The molecule has 2 rings (SSSR count). The van der Waals surface area contributed by atoms with Gasteiger partial charge in [0.1, 0.15) is 0 Å². The summed E-state index contributed by atoms with van der Waals surface area (Å²) in [6.45, 7) is 5.66. The average Bonchev–Trinajstić information content (AvgIpc) is 2.31. The van der Waals surface area contributed by atoms with E-state index in [2.05, 4.69) is 54.3 Å². The van der Waals surface area contributed by atoms with Gasteiger partial charge in [-0.3, -0.25) is 4.90 Å². The topological polar surface area (TPSA) is 3.24 Å². The third-order valence-corrected chi connectivity index (χ3v) is 3.04. The molecule has 80 valence electrons. The largest absolute Gasteiger partial charge is 0.295 e. The summed E-state index contributed by atoms with van der Waals surface area (Å²) in [5.41, 5.74) is 1.42. The van der Waals surface area contributed by atoms with Gasteiger partial charge in [0, 0.05) is 19.6 Å². The fraction of sp³-hybridized carbons (Fsp3) is 0.429. The third kappa shape index (κ3) is 2.93. The summed E-state index contributed by atoms with van der Waals surface area (Å²) in [6, 6.07) is 10.7. The summed E-state index contributed by atoms with van der Waals surface area (Å²) in [5.74, 6) is 0.752. The van der Waals surface area contributed by atoms with Crippen molar-refractivity contribution < 1.29 is 0 Å². The number of hydrogen-bond acceptors (Lipinski definition) is 1. The first-order valence-electron chi connectivity index (χ1n) is 5.81. The van der Waals surface area contributed by atoms with E-state index < -0.39 is 0 Å². The quantitative estimate of drug-likeness (QED) is 0.679. The molecule has 0 N–H and O–H groups in total. The van der Waals surface area contributed by atoms with Crippen molar-refractivity contribution in [3.63, 3.8) is 0 Å². The Hall–Kier alpha value is -1.08. The third-order valence-electron chi connectivity index (χ3n) is 3.04. The molecule has 0 amide bonds. The van der Waals surface area contributed by atoms with Gasteiger partial charge in [-0.15, -0.1) is 0 Å². The summed E-state index contributed by atoms with van der Waals surface area (Å²) in [4.78, 5) is 2.52. The number of rotatable bonds is 3. The number of benzene rings is 1. The van der Waals surface area contributed by atoms with Crippen molar-refractivity contribution in [2.75, 3.05) is 13.1 Å². The van der Waals surface area contributed by atoms with Gasteiger partial charge in [-0.1, -0.05) is 49.4 Å². The lowest BCUT2D eigenvalue weighted by molar-refractivity contribution is 0.248. The van der Waals surface area contributed by atoms with Crippen molar-refractivity contribution in [1.29, 1.82) is 0 Å². The van der Waals surface area contributed by atoms with E-state index >= 15 is 0 Å². The molecule has 0 saturated carbocycles. The van der Waals surface area contributed by atoms with Crippen LogP contribution in [0.5, 0.6) is 0 Å². The summed E-state index contributed by atoms with van der Waals surface area (Å²) in [7, 11) is 0. The van der Waals surface area contributed by atoms with E-state index in [1.54, 1.807) is 0 Å². The fourth-order valence-corrected chi connectivity index (χ4v) is 2.11. The standard InChI is InChI=1S/C14H19N/c1-2-13-9-6-10-15(11-13)12-14-7-4-3-5-8-14/h3-9,13H,2,10-12H2,1H3. The highest BCUT2D eigenvalue weighted by Crippen LogP contribution is 2.15. The van der Waals surface area contributed by atoms with E-state index in [-0.39, 0.29) is 0 Å². The van der Waals surface area contributed by atoms with Gasteiger partial charge in [-0.05, 0) is 17.9 Å². The van der Waals surface area contributed by atoms with Crippen molar-refractivity contribution in [1.82, 2.24) is 4.90 Å². The van der Waals surface area contributed by atoms with Crippen LogP contribution < -0.4 is 0 Å². The summed E-state index contributed by atoms with van der Waals surface area (Å²) >= 11 is 0. The first-order chi connectivity index (χ1) is 7.38. The molecule has 1 unspecified atom stereocenters. The fourth-order valence-electron chi connectivity index (χ4n) is 2.11. The molecular weight excluding hydrogens is 182 g/mol. The van der Waals surface area contributed by atoms with Crippen LogP contribution in [0.15, 0.2) is 42.5 Å². The maximum Gasteiger partial charge on any atom is 0.0237 e. The molecule has 1 atom stereocenters. The molecule has 0 aliphatic carbocycles. The second-order valence-electron chi connectivity index (χ2n) is 4.28. The molecule has 0 spiro atoms. The summed E-state index contributed by atoms with van der Waals surface area (Å²) in [6.07, 6.45) is 5.92. The Morgan fingerprint density at radius 1 is 1.27 bits per heavy atom. The van der Waals surface area contributed by atoms with Gasteiger partial charge < -0.3 is 0 Å². The number of nitrogens with zero attached hydrogens (tertiary/aromatic N) is 1. The highest BCUT2D eigenvalue weighted by molar-refractivity contribution is 5.15. The first-order valence-corrected chi connectivity index (χ1v) is 5.81. The monoisotopic (exact) mass is 201 g/mol. The maximum absolute atomic E-state index is 2.52. The minimum absolute atomic E-state index is 0.752. The van der Waals surface area contributed by atoms with Gasteiger partial charge in [0.15, 0.2) is 0 Å². The van der Waals surface area contributed by atoms with Crippen LogP contribution in [0.25, 0.3) is 0 Å². The zero-order valence-corrected chi connectivity index (χ0v) is 9.39. The van der Waals surface area contributed by atoms with Crippen LogP contribution in [-0.4, -0.2) is 18.0 Å².